The number of rotatable bonds is 6. The number of ether oxygens (including phenoxy) is 1. The molecule has 1 aromatic carbocycles. The van der Waals surface area contributed by atoms with Gasteiger partial charge in [0.05, 0.1) is 11.9 Å². The van der Waals surface area contributed by atoms with Crippen molar-refractivity contribution in [3.8, 4) is 5.75 Å². The molecule has 0 atom stereocenters. The topological polar surface area (TPSA) is 68.3 Å². The van der Waals surface area contributed by atoms with E-state index in [4.69, 9.17) is 4.74 Å². The van der Waals surface area contributed by atoms with Crippen LogP contribution in [0.25, 0.3) is 0 Å². The highest BCUT2D eigenvalue weighted by molar-refractivity contribution is 9.10. The van der Waals surface area contributed by atoms with Gasteiger partial charge in [-0.25, -0.2) is 17.8 Å². The summed E-state index contributed by atoms with van der Waals surface area (Å²) in [6.45, 7) is -0.0368. The second-order valence-electron chi connectivity index (χ2n) is 4.09. The van der Waals surface area contributed by atoms with E-state index in [9.17, 15) is 12.8 Å². The average molecular weight is 375 g/mol. The zero-order valence-electron chi connectivity index (χ0n) is 10.8. The summed E-state index contributed by atoms with van der Waals surface area (Å²) >= 11 is 3.16. The number of halogens is 2. The molecule has 0 aliphatic carbocycles. The summed E-state index contributed by atoms with van der Waals surface area (Å²) in [5.41, 5.74) is 0.375. The van der Waals surface area contributed by atoms with Gasteiger partial charge in [-0.3, -0.25) is 4.72 Å². The molecule has 1 N–H and O–H groups in total. The predicted octanol–water partition coefficient (Wildman–Crippen LogP) is 2.80. The normalized spacial score (nSPS) is 11.1. The van der Waals surface area contributed by atoms with E-state index in [-0.39, 0.29) is 18.2 Å². The van der Waals surface area contributed by atoms with Crippen molar-refractivity contribution in [3.05, 3.63) is 53.0 Å². The smallest absolute Gasteiger partial charge is 0.236 e. The Morgan fingerprint density at radius 3 is 2.52 bits per heavy atom. The van der Waals surface area contributed by atoms with Gasteiger partial charge in [0, 0.05) is 0 Å². The Kier molecular flexibility index (Phi) is 5.13. The van der Waals surface area contributed by atoms with Crippen LogP contribution in [0.2, 0.25) is 0 Å². The minimum Gasteiger partial charge on any atom is -0.492 e. The lowest BCUT2D eigenvalue weighted by Crippen LogP contribution is -2.21. The molecule has 1 aromatic heterocycles. The Balaban J connectivity index is 1.86. The Labute approximate surface area is 130 Å². The highest BCUT2D eigenvalue weighted by atomic mass is 79.9. The lowest BCUT2D eigenvalue weighted by atomic mass is 10.3. The summed E-state index contributed by atoms with van der Waals surface area (Å²) in [5, 5.41) is 0. The van der Waals surface area contributed by atoms with E-state index in [1.165, 1.54) is 30.5 Å². The van der Waals surface area contributed by atoms with Crippen LogP contribution < -0.4 is 9.46 Å². The van der Waals surface area contributed by atoms with E-state index in [0.717, 1.165) is 0 Å². The molecule has 0 spiro atoms. The van der Waals surface area contributed by atoms with Gasteiger partial charge >= 0.3 is 0 Å². The van der Waals surface area contributed by atoms with E-state index in [1.807, 2.05) is 0 Å². The third-order valence-corrected chi connectivity index (χ3v) is 4.16. The molecule has 5 nitrogen and oxygen atoms in total. The predicted molar refractivity (Wildman–Crippen MR) is 81.2 cm³/mol. The van der Waals surface area contributed by atoms with Gasteiger partial charge < -0.3 is 4.74 Å². The number of anilines is 1. The summed E-state index contributed by atoms with van der Waals surface area (Å²) in [6, 6.07) is 8.59. The van der Waals surface area contributed by atoms with E-state index < -0.39 is 10.0 Å². The van der Waals surface area contributed by atoms with Crippen molar-refractivity contribution in [2.75, 3.05) is 17.1 Å². The van der Waals surface area contributed by atoms with Crippen molar-refractivity contribution in [1.29, 1.82) is 0 Å². The maximum atomic E-state index is 12.7. The first-order valence-corrected chi connectivity index (χ1v) is 8.39. The quantitative estimate of drug-likeness (QED) is 0.789. The van der Waals surface area contributed by atoms with Gasteiger partial charge in [0.25, 0.3) is 0 Å². The van der Waals surface area contributed by atoms with Gasteiger partial charge in [0.1, 0.15) is 28.5 Å². The minimum atomic E-state index is -3.53. The Bertz CT molecular complexity index is 690. The highest BCUT2D eigenvalue weighted by Gasteiger charge is 2.11. The largest absolute Gasteiger partial charge is 0.492 e. The fourth-order valence-electron chi connectivity index (χ4n) is 1.47. The monoisotopic (exact) mass is 374 g/mol. The highest BCUT2D eigenvalue weighted by Crippen LogP contribution is 2.13. The van der Waals surface area contributed by atoms with Crippen LogP contribution in [-0.2, 0) is 10.0 Å². The molecule has 21 heavy (non-hydrogen) atoms. The fourth-order valence-corrected chi connectivity index (χ4v) is 2.59. The van der Waals surface area contributed by atoms with E-state index in [1.54, 1.807) is 12.1 Å². The van der Waals surface area contributed by atoms with Crippen LogP contribution in [0.3, 0.4) is 0 Å². The zero-order valence-corrected chi connectivity index (χ0v) is 13.2. The molecule has 0 saturated heterocycles. The molecule has 1 heterocycles. The van der Waals surface area contributed by atoms with Crippen molar-refractivity contribution in [2.45, 2.75) is 0 Å². The number of nitrogens with zero attached hydrogens (tertiary/aromatic N) is 1. The number of sulfonamides is 1. The maximum Gasteiger partial charge on any atom is 0.236 e. The molecule has 0 unspecified atom stereocenters. The molecular weight excluding hydrogens is 363 g/mol. The van der Waals surface area contributed by atoms with Gasteiger partial charge in [-0.15, -0.1) is 0 Å². The van der Waals surface area contributed by atoms with Crippen molar-refractivity contribution in [1.82, 2.24) is 4.98 Å². The summed E-state index contributed by atoms with van der Waals surface area (Å²) in [4.78, 5) is 3.92. The van der Waals surface area contributed by atoms with Crippen LogP contribution in [0, 0.1) is 5.82 Å². The summed E-state index contributed by atoms with van der Waals surface area (Å²) < 4.78 is 44.6. The number of pyridine rings is 1. The lowest BCUT2D eigenvalue weighted by Gasteiger charge is -2.09. The Morgan fingerprint density at radius 2 is 1.90 bits per heavy atom. The molecular formula is C13H12BrFN2O3S. The van der Waals surface area contributed by atoms with Crippen molar-refractivity contribution >= 4 is 31.6 Å². The van der Waals surface area contributed by atoms with Crippen LogP contribution in [0.1, 0.15) is 0 Å². The first-order valence-electron chi connectivity index (χ1n) is 5.95. The number of aromatic nitrogens is 1. The van der Waals surface area contributed by atoms with Gasteiger partial charge in [0.15, 0.2) is 0 Å². The Hall–Kier alpha value is -1.67. The number of hydrogen-bond donors (Lipinski definition) is 1. The second-order valence-corrected chi connectivity index (χ2v) is 6.75. The summed E-state index contributed by atoms with van der Waals surface area (Å²) in [5.74, 6) is -0.184. The van der Waals surface area contributed by atoms with E-state index >= 15 is 0 Å². The van der Waals surface area contributed by atoms with Gasteiger partial charge in [-0.1, -0.05) is 0 Å². The molecule has 2 aromatic rings. The zero-order chi connectivity index (χ0) is 15.3. The SMILES string of the molecule is O=S(=O)(CCOc1ccc(F)cc1)Nc1ccc(Br)nc1. The molecule has 0 saturated carbocycles. The molecule has 0 bridgehead atoms. The van der Waals surface area contributed by atoms with Gasteiger partial charge in [-0.05, 0) is 52.3 Å². The van der Waals surface area contributed by atoms with E-state index in [2.05, 4.69) is 25.6 Å². The summed E-state index contributed by atoms with van der Waals surface area (Å²) in [6.07, 6.45) is 1.41. The molecule has 112 valence electrons. The molecule has 0 aliphatic heterocycles. The van der Waals surface area contributed by atoms with Crippen molar-refractivity contribution in [2.24, 2.45) is 0 Å². The van der Waals surface area contributed by atoms with Crippen LogP contribution in [0.15, 0.2) is 47.2 Å². The standard InChI is InChI=1S/C13H12BrFN2O3S/c14-13-6-3-11(9-16-13)17-21(18,19)8-7-20-12-4-1-10(15)2-5-12/h1-6,9,17H,7-8H2. The number of nitrogens with one attached hydrogen (secondary N) is 1. The second kappa shape index (κ2) is 6.86. The Morgan fingerprint density at radius 1 is 1.19 bits per heavy atom. The summed E-state index contributed by atoms with van der Waals surface area (Å²) in [7, 11) is -3.53. The molecule has 0 aliphatic rings. The van der Waals surface area contributed by atoms with Crippen LogP contribution >= 0.6 is 15.9 Å². The van der Waals surface area contributed by atoms with Crippen LogP contribution in [-0.4, -0.2) is 25.8 Å². The minimum absolute atomic E-state index is 0.0368. The average Bonchev–Trinajstić information content (AvgIpc) is 2.43. The number of hydrogen-bond acceptors (Lipinski definition) is 4. The molecule has 2 rings (SSSR count). The third-order valence-electron chi connectivity index (χ3n) is 2.44. The first kappa shape index (κ1) is 15.7. The molecule has 0 radical (unpaired) electrons. The molecule has 0 fully saturated rings. The van der Waals surface area contributed by atoms with Gasteiger partial charge in [0.2, 0.25) is 10.0 Å². The fraction of sp³-hybridized carbons (Fsp3) is 0.154. The first-order chi connectivity index (χ1) is 9.94. The maximum absolute atomic E-state index is 12.7. The van der Waals surface area contributed by atoms with Crippen LogP contribution in [0.4, 0.5) is 10.1 Å². The lowest BCUT2D eigenvalue weighted by molar-refractivity contribution is 0.340. The molecule has 8 heteroatoms. The van der Waals surface area contributed by atoms with E-state index in [0.29, 0.717) is 16.0 Å². The third kappa shape index (κ3) is 5.31. The van der Waals surface area contributed by atoms with Crippen molar-refractivity contribution < 1.29 is 17.5 Å². The molecule has 0 amide bonds. The number of benzene rings is 1. The van der Waals surface area contributed by atoms with Crippen molar-refractivity contribution in [3.63, 3.8) is 0 Å². The van der Waals surface area contributed by atoms with Gasteiger partial charge in [-0.2, -0.15) is 0 Å². The van der Waals surface area contributed by atoms with Crippen LogP contribution in [0.5, 0.6) is 5.75 Å².